The molecular weight excluding hydrogens is 560 g/mol. The number of aliphatic hydroxyl groups is 1. The van der Waals surface area contributed by atoms with E-state index in [0.717, 1.165) is 17.8 Å². The molecule has 0 unspecified atom stereocenters. The van der Waals surface area contributed by atoms with E-state index in [4.69, 9.17) is 0 Å². The van der Waals surface area contributed by atoms with Crippen molar-refractivity contribution in [1.82, 2.24) is 14.5 Å². The largest absolute Gasteiger partial charge is 0.385 e. The van der Waals surface area contributed by atoms with Crippen molar-refractivity contribution in [3.63, 3.8) is 0 Å². The van der Waals surface area contributed by atoms with Gasteiger partial charge in [-0.25, -0.2) is 13.8 Å². The standard InChI is InChI=1S/C31H37F2N5O3S/c1-5-31(41,6-2)21-11-12-24-23(16-21)35-30(36-28(39)26-14-13-25(42-26)27(32)33)38(24)18-22-8-7-15-37(22)29(40)20(17-34)10-9-19(3)4/h10-14,16,19,22,27,41H,5-9,15,18H2,1-4H3,(H,35,36,39)/b20-10+/t22-/m1/s1. The molecule has 0 bridgehead atoms. The minimum absolute atomic E-state index is 0.121. The van der Waals surface area contributed by atoms with Crippen molar-refractivity contribution in [3.05, 3.63) is 57.3 Å². The first-order valence-corrected chi connectivity index (χ1v) is 15.2. The summed E-state index contributed by atoms with van der Waals surface area (Å²) in [5.41, 5.74) is 1.03. The number of nitrogens with one attached hydrogen (secondary N) is 1. The minimum Gasteiger partial charge on any atom is -0.385 e. The molecule has 3 heterocycles. The van der Waals surface area contributed by atoms with Crippen LogP contribution in [0, 0.1) is 17.2 Å². The Morgan fingerprint density at radius 3 is 2.62 bits per heavy atom. The van der Waals surface area contributed by atoms with Crippen molar-refractivity contribution in [3.8, 4) is 6.07 Å². The second-order valence-corrected chi connectivity index (χ2v) is 12.2. The summed E-state index contributed by atoms with van der Waals surface area (Å²) in [5, 5.41) is 23.6. The van der Waals surface area contributed by atoms with Crippen molar-refractivity contribution in [2.75, 3.05) is 11.9 Å². The van der Waals surface area contributed by atoms with Gasteiger partial charge >= 0.3 is 0 Å². The highest BCUT2D eigenvalue weighted by molar-refractivity contribution is 7.14. The molecule has 0 spiro atoms. The summed E-state index contributed by atoms with van der Waals surface area (Å²) in [6.07, 6.45) is 2.13. The van der Waals surface area contributed by atoms with Gasteiger partial charge in [0.05, 0.1) is 32.4 Å². The molecule has 1 fully saturated rings. The van der Waals surface area contributed by atoms with E-state index in [9.17, 15) is 28.7 Å². The van der Waals surface area contributed by atoms with E-state index >= 15 is 0 Å². The molecule has 2 N–H and O–H groups in total. The summed E-state index contributed by atoms with van der Waals surface area (Å²) in [4.78, 5) is 32.8. The first kappa shape index (κ1) is 31.3. The number of allylic oxidation sites excluding steroid dienone is 1. The minimum atomic E-state index is -2.67. The van der Waals surface area contributed by atoms with Crippen LogP contribution in [0.15, 0.2) is 42.0 Å². The van der Waals surface area contributed by atoms with Crippen LogP contribution < -0.4 is 5.32 Å². The molecule has 1 aliphatic rings. The van der Waals surface area contributed by atoms with Crippen LogP contribution in [-0.4, -0.2) is 44.0 Å². The van der Waals surface area contributed by atoms with Gasteiger partial charge in [-0.3, -0.25) is 14.9 Å². The summed E-state index contributed by atoms with van der Waals surface area (Å²) >= 11 is 0.720. The van der Waals surface area contributed by atoms with Gasteiger partial charge in [0.15, 0.2) is 0 Å². The van der Waals surface area contributed by atoms with Gasteiger partial charge in [-0.1, -0.05) is 39.8 Å². The fraction of sp³-hybridized carbons (Fsp3) is 0.484. The van der Waals surface area contributed by atoms with Crippen molar-refractivity contribution < 1.29 is 23.5 Å². The van der Waals surface area contributed by atoms with Crippen LogP contribution in [0.25, 0.3) is 11.0 Å². The molecule has 1 aliphatic heterocycles. The molecule has 0 radical (unpaired) electrons. The molecular formula is C31H37F2N5O3S. The zero-order chi connectivity index (χ0) is 30.6. The number of alkyl halides is 2. The number of nitriles is 1. The zero-order valence-electron chi connectivity index (χ0n) is 24.4. The number of benzene rings is 1. The van der Waals surface area contributed by atoms with Crippen LogP contribution in [-0.2, 0) is 16.9 Å². The average molecular weight is 598 g/mol. The van der Waals surface area contributed by atoms with E-state index in [0.29, 0.717) is 61.3 Å². The average Bonchev–Trinajstić information content (AvgIpc) is 3.72. The molecule has 1 saturated heterocycles. The van der Waals surface area contributed by atoms with Gasteiger partial charge in [0, 0.05) is 13.1 Å². The molecule has 11 heteroatoms. The normalized spacial score (nSPS) is 16.0. The number of amides is 2. The first-order chi connectivity index (χ1) is 20.0. The highest BCUT2D eigenvalue weighted by Gasteiger charge is 2.33. The Hall–Kier alpha value is -3.62. The Morgan fingerprint density at radius 1 is 1.26 bits per heavy atom. The lowest BCUT2D eigenvalue weighted by Gasteiger charge is -2.26. The maximum atomic E-state index is 13.4. The molecule has 8 nitrogen and oxygen atoms in total. The highest BCUT2D eigenvalue weighted by atomic mass is 32.1. The lowest BCUT2D eigenvalue weighted by atomic mass is 9.88. The van der Waals surface area contributed by atoms with E-state index < -0.39 is 17.9 Å². The Kier molecular flexibility index (Phi) is 9.79. The summed E-state index contributed by atoms with van der Waals surface area (Å²) in [6.45, 7) is 8.67. The number of nitrogens with zero attached hydrogens (tertiary/aromatic N) is 4. The lowest BCUT2D eigenvalue weighted by molar-refractivity contribution is -0.127. The number of thiophene rings is 1. The van der Waals surface area contributed by atoms with Crippen LogP contribution in [0.1, 0.15) is 86.3 Å². The van der Waals surface area contributed by atoms with Gasteiger partial charge in [0.25, 0.3) is 18.2 Å². The maximum absolute atomic E-state index is 13.4. The molecule has 0 aliphatic carbocycles. The van der Waals surface area contributed by atoms with Crippen LogP contribution in [0.5, 0.6) is 0 Å². The van der Waals surface area contributed by atoms with Gasteiger partial charge in [-0.2, -0.15) is 5.26 Å². The van der Waals surface area contributed by atoms with Crippen LogP contribution >= 0.6 is 11.3 Å². The van der Waals surface area contributed by atoms with Crippen LogP contribution in [0.2, 0.25) is 0 Å². The molecule has 1 aromatic carbocycles. The molecule has 224 valence electrons. The smallest absolute Gasteiger partial charge is 0.272 e. The lowest BCUT2D eigenvalue weighted by Crippen LogP contribution is -2.39. The van der Waals surface area contributed by atoms with E-state index in [2.05, 4.69) is 16.4 Å². The fourth-order valence-corrected chi connectivity index (χ4v) is 6.06. The third kappa shape index (κ3) is 6.55. The maximum Gasteiger partial charge on any atom is 0.272 e. The monoisotopic (exact) mass is 597 g/mol. The van der Waals surface area contributed by atoms with Crippen molar-refractivity contribution in [2.45, 2.75) is 84.4 Å². The van der Waals surface area contributed by atoms with Gasteiger partial charge in [0.2, 0.25) is 5.95 Å². The van der Waals surface area contributed by atoms with Crippen molar-refractivity contribution in [2.24, 2.45) is 5.92 Å². The van der Waals surface area contributed by atoms with Gasteiger partial charge in [-0.15, -0.1) is 11.3 Å². The third-order valence-corrected chi connectivity index (χ3v) is 9.01. The number of hydrogen-bond acceptors (Lipinski definition) is 6. The summed E-state index contributed by atoms with van der Waals surface area (Å²) in [7, 11) is 0. The predicted molar refractivity (Wildman–Crippen MR) is 159 cm³/mol. The fourth-order valence-electron chi connectivity index (χ4n) is 5.31. The van der Waals surface area contributed by atoms with E-state index in [1.165, 1.54) is 12.1 Å². The van der Waals surface area contributed by atoms with E-state index in [1.807, 2.05) is 44.4 Å². The second kappa shape index (κ2) is 13.1. The number of anilines is 1. The second-order valence-electron chi connectivity index (χ2n) is 11.1. The van der Waals surface area contributed by atoms with Crippen molar-refractivity contribution >= 4 is 40.1 Å². The van der Waals surface area contributed by atoms with Crippen LogP contribution in [0.3, 0.4) is 0 Å². The molecule has 2 amide bonds. The number of fused-ring (bicyclic) bond motifs is 1. The number of rotatable bonds is 11. The molecule has 3 aromatic rings. The van der Waals surface area contributed by atoms with Crippen LogP contribution in [0.4, 0.5) is 14.7 Å². The first-order valence-electron chi connectivity index (χ1n) is 14.3. The number of halogens is 2. The topological polar surface area (TPSA) is 111 Å². The SMILES string of the molecule is CCC(O)(CC)c1ccc2c(c1)nc(NC(=O)c1ccc(C(F)F)s1)n2C[C@H]1CCCN1C(=O)/C(C#N)=C/CC(C)C. The quantitative estimate of drug-likeness (QED) is 0.187. The Morgan fingerprint density at radius 2 is 2.00 bits per heavy atom. The summed E-state index contributed by atoms with van der Waals surface area (Å²) < 4.78 is 28.1. The summed E-state index contributed by atoms with van der Waals surface area (Å²) in [5.74, 6) is -0.356. The molecule has 4 rings (SSSR count). The highest BCUT2D eigenvalue weighted by Crippen LogP contribution is 2.33. The Balaban J connectivity index is 1.71. The number of hydrogen-bond donors (Lipinski definition) is 2. The van der Waals surface area contributed by atoms with Gasteiger partial charge < -0.3 is 14.6 Å². The summed E-state index contributed by atoms with van der Waals surface area (Å²) in [6, 6.07) is 9.88. The van der Waals surface area contributed by atoms with Gasteiger partial charge in [-0.05, 0) is 67.9 Å². The third-order valence-electron chi connectivity index (χ3n) is 7.92. The van der Waals surface area contributed by atoms with Crippen molar-refractivity contribution in [1.29, 1.82) is 5.26 Å². The molecule has 42 heavy (non-hydrogen) atoms. The van der Waals surface area contributed by atoms with Gasteiger partial charge in [0.1, 0.15) is 11.6 Å². The molecule has 1 atom stereocenters. The molecule has 2 aromatic heterocycles. The number of imidazole rings is 1. The van der Waals surface area contributed by atoms with E-state index in [1.54, 1.807) is 17.0 Å². The Bertz CT molecular complexity index is 1520. The zero-order valence-corrected chi connectivity index (χ0v) is 25.2. The molecule has 0 saturated carbocycles. The number of aromatic nitrogens is 2. The van der Waals surface area contributed by atoms with E-state index in [-0.39, 0.29) is 33.2 Å². The predicted octanol–water partition coefficient (Wildman–Crippen LogP) is 6.78. The Labute approximate surface area is 248 Å². The number of carbonyl (C=O) groups is 2. The number of carbonyl (C=O) groups excluding carboxylic acids is 2. The number of likely N-dealkylation sites (tertiary alicyclic amines) is 1.